The molecule has 6 nitrogen and oxygen atoms in total. The summed E-state index contributed by atoms with van der Waals surface area (Å²) in [6, 6.07) is 18.7. The predicted octanol–water partition coefficient (Wildman–Crippen LogP) is 5.80. The van der Waals surface area contributed by atoms with Crippen molar-refractivity contribution in [3.05, 3.63) is 77.6 Å². The summed E-state index contributed by atoms with van der Waals surface area (Å²) in [5.74, 6) is 0.699. The van der Waals surface area contributed by atoms with Gasteiger partial charge in [-0.3, -0.25) is 4.98 Å². The lowest BCUT2D eigenvalue weighted by Gasteiger charge is -2.28. The fourth-order valence-electron chi connectivity index (χ4n) is 4.48. The second kappa shape index (κ2) is 9.91. The molecule has 34 heavy (non-hydrogen) atoms. The average Bonchev–Trinajstić information content (AvgIpc) is 3.34. The zero-order valence-electron chi connectivity index (χ0n) is 19.5. The van der Waals surface area contributed by atoms with Crippen LogP contribution in [-0.2, 0) is 13.0 Å². The van der Waals surface area contributed by atoms with Gasteiger partial charge in [0.1, 0.15) is 15.8 Å². The predicted molar refractivity (Wildman–Crippen MR) is 138 cm³/mol. The molecule has 0 radical (unpaired) electrons. The Balaban J connectivity index is 1.39. The van der Waals surface area contributed by atoms with Crippen molar-refractivity contribution in [1.82, 2.24) is 20.5 Å². The van der Waals surface area contributed by atoms with E-state index in [0.717, 1.165) is 47.1 Å². The molecule has 4 aromatic rings. The SMILES string of the molecule is CC(C)Oc1ccc(-c2nnc(-c3cccc4c3CCC[C@H]4NCc3ccccn3)s2)cc1N. The van der Waals surface area contributed by atoms with Crippen LogP contribution in [0.2, 0.25) is 0 Å². The Hall–Kier alpha value is -3.29. The van der Waals surface area contributed by atoms with Gasteiger partial charge in [-0.2, -0.15) is 0 Å². The van der Waals surface area contributed by atoms with Crippen molar-refractivity contribution >= 4 is 17.0 Å². The topological polar surface area (TPSA) is 86.0 Å². The number of anilines is 1. The minimum absolute atomic E-state index is 0.0767. The van der Waals surface area contributed by atoms with Crippen LogP contribution < -0.4 is 15.8 Å². The number of hydrogen-bond acceptors (Lipinski definition) is 7. The third-order valence-corrected chi connectivity index (χ3v) is 7.04. The average molecular weight is 472 g/mol. The lowest BCUT2D eigenvalue weighted by Crippen LogP contribution is -2.25. The molecule has 3 N–H and O–H groups in total. The van der Waals surface area contributed by atoms with Crippen molar-refractivity contribution in [1.29, 1.82) is 0 Å². The van der Waals surface area contributed by atoms with Gasteiger partial charge in [-0.15, -0.1) is 10.2 Å². The Morgan fingerprint density at radius 3 is 2.76 bits per heavy atom. The van der Waals surface area contributed by atoms with Crippen LogP contribution in [0, 0.1) is 0 Å². The first-order valence-electron chi connectivity index (χ1n) is 11.7. The van der Waals surface area contributed by atoms with E-state index in [1.807, 2.05) is 50.4 Å². The number of nitrogen functional groups attached to an aromatic ring is 1. The highest BCUT2D eigenvalue weighted by Crippen LogP contribution is 2.39. The molecule has 2 heterocycles. The van der Waals surface area contributed by atoms with Crippen molar-refractivity contribution in [2.24, 2.45) is 0 Å². The molecule has 0 fully saturated rings. The number of pyridine rings is 1. The van der Waals surface area contributed by atoms with Crippen LogP contribution in [0.3, 0.4) is 0 Å². The van der Waals surface area contributed by atoms with Crippen LogP contribution in [0.5, 0.6) is 5.75 Å². The minimum atomic E-state index is 0.0767. The third kappa shape index (κ3) is 4.81. The van der Waals surface area contributed by atoms with Crippen molar-refractivity contribution in [2.75, 3.05) is 5.73 Å². The van der Waals surface area contributed by atoms with Crippen molar-refractivity contribution < 1.29 is 4.74 Å². The first-order valence-corrected chi connectivity index (χ1v) is 12.6. The van der Waals surface area contributed by atoms with Crippen LogP contribution >= 0.6 is 11.3 Å². The van der Waals surface area contributed by atoms with E-state index in [0.29, 0.717) is 17.5 Å². The maximum atomic E-state index is 6.22. The first kappa shape index (κ1) is 22.5. The number of hydrogen-bond donors (Lipinski definition) is 2. The Morgan fingerprint density at radius 2 is 1.97 bits per heavy atom. The van der Waals surface area contributed by atoms with Crippen LogP contribution in [0.1, 0.15) is 49.6 Å². The standard InChI is InChI=1S/C27H29N5OS/c1-17(2)33-25-13-12-18(15-23(25)28)26-31-32-27(34-26)22-10-5-9-21-20(22)8-6-11-24(21)30-16-19-7-3-4-14-29-19/h3-5,7,9-10,12-15,17,24,30H,6,8,11,16,28H2,1-2H3/t24-/m1/s1. The summed E-state index contributed by atoms with van der Waals surface area (Å²) >= 11 is 1.60. The fourth-order valence-corrected chi connectivity index (χ4v) is 5.38. The van der Waals surface area contributed by atoms with E-state index in [1.54, 1.807) is 11.3 Å². The van der Waals surface area contributed by atoms with Crippen LogP contribution in [0.15, 0.2) is 60.8 Å². The van der Waals surface area contributed by atoms with Gasteiger partial charge >= 0.3 is 0 Å². The molecule has 2 aromatic heterocycles. The molecule has 0 saturated heterocycles. The van der Waals surface area contributed by atoms with Gasteiger partial charge < -0.3 is 15.8 Å². The highest BCUT2D eigenvalue weighted by molar-refractivity contribution is 7.17. The Kier molecular flexibility index (Phi) is 6.56. The number of nitrogens with two attached hydrogens (primary N) is 1. The number of rotatable bonds is 7. The molecule has 0 unspecified atom stereocenters. The molecule has 1 atom stereocenters. The van der Waals surface area contributed by atoms with Crippen molar-refractivity contribution in [3.8, 4) is 26.9 Å². The first-order chi connectivity index (χ1) is 16.6. The molecule has 0 aliphatic heterocycles. The molecule has 174 valence electrons. The zero-order valence-corrected chi connectivity index (χ0v) is 20.3. The molecule has 2 aromatic carbocycles. The van der Waals surface area contributed by atoms with Gasteiger partial charge in [0.2, 0.25) is 0 Å². The van der Waals surface area contributed by atoms with Crippen molar-refractivity contribution in [2.45, 2.75) is 51.8 Å². The van der Waals surface area contributed by atoms with Gasteiger partial charge in [0.05, 0.1) is 17.5 Å². The number of ether oxygens (including phenoxy) is 1. The highest BCUT2D eigenvalue weighted by Gasteiger charge is 2.24. The second-order valence-electron chi connectivity index (χ2n) is 8.85. The number of aromatic nitrogens is 3. The Labute approximate surface area is 204 Å². The number of nitrogens with one attached hydrogen (secondary N) is 1. The van der Waals surface area contributed by atoms with E-state index in [9.17, 15) is 0 Å². The molecule has 5 rings (SSSR count). The summed E-state index contributed by atoms with van der Waals surface area (Å²) in [7, 11) is 0. The zero-order chi connectivity index (χ0) is 23.5. The van der Waals surface area contributed by atoms with E-state index in [2.05, 4.69) is 44.8 Å². The van der Waals surface area contributed by atoms with Gasteiger partial charge in [-0.1, -0.05) is 35.6 Å². The van der Waals surface area contributed by atoms with Gasteiger partial charge in [0, 0.05) is 29.9 Å². The molecule has 1 aliphatic carbocycles. The molecule has 0 spiro atoms. The van der Waals surface area contributed by atoms with E-state index in [-0.39, 0.29) is 6.10 Å². The summed E-state index contributed by atoms with van der Waals surface area (Å²) < 4.78 is 5.76. The van der Waals surface area contributed by atoms with E-state index in [1.165, 1.54) is 16.7 Å². The van der Waals surface area contributed by atoms with E-state index in [4.69, 9.17) is 10.5 Å². The van der Waals surface area contributed by atoms with Crippen molar-refractivity contribution in [3.63, 3.8) is 0 Å². The number of benzene rings is 2. The summed E-state index contributed by atoms with van der Waals surface area (Å²) in [4.78, 5) is 4.45. The molecule has 0 amide bonds. The lowest BCUT2D eigenvalue weighted by molar-refractivity contribution is 0.244. The minimum Gasteiger partial charge on any atom is -0.489 e. The van der Waals surface area contributed by atoms with E-state index >= 15 is 0 Å². The summed E-state index contributed by atoms with van der Waals surface area (Å²) in [6.45, 7) is 4.74. The van der Waals surface area contributed by atoms with Gasteiger partial charge in [0.25, 0.3) is 0 Å². The monoisotopic (exact) mass is 471 g/mol. The summed E-state index contributed by atoms with van der Waals surface area (Å²) in [5.41, 5.74) is 12.8. The Morgan fingerprint density at radius 1 is 1.09 bits per heavy atom. The number of fused-ring (bicyclic) bond motifs is 1. The van der Waals surface area contributed by atoms with Gasteiger partial charge in [-0.05, 0) is 74.6 Å². The second-order valence-corrected chi connectivity index (χ2v) is 9.83. The third-order valence-electron chi connectivity index (χ3n) is 6.04. The molecule has 0 bridgehead atoms. The molecular weight excluding hydrogens is 442 g/mol. The molecular formula is C27H29N5OS. The quantitative estimate of drug-likeness (QED) is 0.331. The lowest BCUT2D eigenvalue weighted by atomic mass is 9.85. The fraction of sp³-hybridized carbons (Fsp3) is 0.296. The Bertz CT molecular complexity index is 1270. The summed E-state index contributed by atoms with van der Waals surface area (Å²) in [6.07, 6.45) is 5.23. The number of nitrogens with zero attached hydrogens (tertiary/aromatic N) is 3. The van der Waals surface area contributed by atoms with E-state index < -0.39 is 0 Å². The van der Waals surface area contributed by atoms with Gasteiger partial charge in [0.15, 0.2) is 0 Å². The van der Waals surface area contributed by atoms with Crippen LogP contribution in [0.25, 0.3) is 21.1 Å². The normalized spacial score (nSPS) is 15.3. The smallest absolute Gasteiger partial charge is 0.148 e. The largest absolute Gasteiger partial charge is 0.489 e. The molecule has 7 heteroatoms. The molecule has 0 saturated carbocycles. The summed E-state index contributed by atoms with van der Waals surface area (Å²) in [5, 5.41) is 14.6. The highest BCUT2D eigenvalue weighted by atomic mass is 32.1. The van der Waals surface area contributed by atoms with Crippen LogP contribution in [-0.4, -0.2) is 21.3 Å². The maximum absolute atomic E-state index is 6.22. The maximum Gasteiger partial charge on any atom is 0.148 e. The molecule has 1 aliphatic rings. The van der Waals surface area contributed by atoms with Crippen LogP contribution in [0.4, 0.5) is 5.69 Å². The van der Waals surface area contributed by atoms with Gasteiger partial charge in [-0.25, -0.2) is 0 Å².